The number of furan rings is 1. The number of anilines is 1. The molecule has 0 saturated carbocycles. The molecule has 29 heavy (non-hydrogen) atoms. The highest BCUT2D eigenvalue weighted by molar-refractivity contribution is 7.80. The number of hydrogen-bond donors (Lipinski definition) is 2. The minimum Gasteiger partial charge on any atom is -0.457 e. The smallest absolute Gasteiger partial charge is 0.250 e. The summed E-state index contributed by atoms with van der Waals surface area (Å²) in [6.45, 7) is 1.91. The molecule has 2 aromatic carbocycles. The molecule has 0 atom stereocenters. The second kappa shape index (κ2) is 9.46. The van der Waals surface area contributed by atoms with Crippen molar-refractivity contribution in [2.75, 3.05) is 5.32 Å². The first kappa shape index (κ1) is 21.4. The molecule has 148 valence electrons. The van der Waals surface area contributed by atoms with Gasteiger partial charge in [0.15, 0.2) is 5.11 Å². The summed E-state index contributed by atoms with van der Waals surface area (Å²) >= 11 is 23.2. The Morgan fingerprint density at radius 2 is 1.76 bits per heavy atom. The lowest BCUT2D eigenvalue weighted by atomic mass is 10.2. The Morgan fingerprint density at radius 1 is 1.03 bits per heavy atom. The van der Waals surface area contributed by atoms with Crippen molar-refractivity contribution >= 4 is 69.8 Å². The maximum absolute atomic E-state index is 12.1. The molecule has 0 aliphatic carbocycles. The third kappa shape index (κ3) is 5.84. The highest BCUT2D eigenvalue weighted by Crippen LogP contribution is 2.31. The standard InChI is InChI=1S/C21H15Cl3N2O2S/c1-12-2-3-14(23)11-18(12)25-21(29)26-20(27)9-6-15-5-8-19(28-15)16-7-4-13(22)10-17(16)24/h2-11H,1H3,(H2,25,26,27,29)/b9-6+. The molecule has 0 bridgehead atoms. The SMILES string of the molecule is Cc1ccc(Cl)cc1NC(=S)NC(=O)/C=C/c1ccc(-c2ccc(Cl)cc2Cl)o1. The van der Waals surface area contributed by atoms with Crippen LogP contribution in [0, 0.1) is 6.92 Å². The number of aryl methyl sites for hydroxylation is 1. The van der Waals surface area contributed by atoms with Gasteiger partial charge in [0.25, 0.3) is 0 Å². The van der Waals surface area contributed by atoms with Crippen LogP contribution in [-0.2, 0) is 4.79 Å². The van der Waals surface area contributed by atoms with Gasteiger partial charge in [-0.05, 0) is 73.2 Å². The number of carbonyl (C=O) groups excluding carboxylic acids is 1. The Hall–Kier alpha value is -2.31. The van der Waals surface area contributed by atoms with Crippen LogP contribution in [0.25, 0.3) is 17.4 Å². The van der Waals surface area contributed by atoms with E-state index < -0.39 is 5.91 Å². The average molecular weight is 466 g/mol. The van der Waals surface area contributed by atoms with E-state index >= 15 is 0 Å². The first-order valence-corrected chi connectivity index (χ1v) is 9.97. The van der Waals surface area contributed by atoms with Gasteiger partial charge in [-0.15, -0.1) is 0 Å². The Balaban J connectivity index is 1.61. The second-order valence-corrected chi connectivity index (χ2v) is 7.75. The van der Waals surface area contributed by atoms with Crippen molar-refractivity contribution in [1.29, 1.82) is 0 Å². The Morgan fingerprint density at radius 3 is 2.52 bits per heavy atom. The lowest BCUT2D eigenvalue weighted by Crippen LogP contribution is -2.33. The van der Waals surface area contributed by atoms with E-state index in [-0.39, 0.29) is 5.11 Å². The van der Waals surface area contributed by atoms with E-state index in [1.54, 1.807) is 42.5 Å². The summed E-state index contributed by atoms with van der Waals surface area (Å²) in [5.41, 5.74) is 2.38. The Labute approximate surface area is 188 Å². The van der Waals surface area contributed by atoms with Crippen molar-refractivity contribution in [3.63, 3.8) is 0 Å². The van der Waals surface area contributed by atoms with Crippen LogP contribution in [0.5, 0.6) is 0 Å². The van der Waals surface area contributed by atoms with Crippen LogP contribution in [0.3, 0.4) is 0 Å². The molecular weight excluding hydrogens is 451 g/mol. The van der Waals surface area contributed by atoms with Crippen molar-refractivity contribution in [2.45, 2.75) is 6.92 Å². The fourth-order valence-corrected chi connectivity index (χ4v) is 3.35. The third-order valence-electron chi connectivity index (χ3n) is 3.91. The van der Waals surface area contributed by atoms with Gasteiger partial charge < -0.3 is 9.73 Å². The minimum atomic E-state index is -0.398. The molecule has 4 nitrogen and oxygen atoms in total. The summed E-state index contributed by atoms with van der Waals surface area (Å²) in [4.78, 5) is 12.1. The molecule has 0 aliphatic heterocycles. The van der Waals surface area contributed by atoms with Crippen molar-refractivity contribution < 1.29 is 9.21 Å². The third-order valence-corrected chi connectivity index (χ3v) is 4.89. The van der Waals surface area contributed by atoms with E-state index in [2.05, 4.69) is 10.6 Å². The number of rotatable bonds is 4. The summed E-state index contributed by atoms with van der Waals surface area (Å²) in [5.74, 6) is 0.663. The highest BCUT2D eigenvalue weighted by atomic mass is 35.5. The fraction of sp³-hybridized carbons (Fsp3) is 0.0476. The van der Waals surface area contributed by atoms with Crippen molar-refractivity contribution in [3.8, 4) is 11.3 Å². The van der Waals surface area contributed by atoms with Gasteiger partial charge in [0.2, 0.25) is 5.91 Å². The predicted octanol–water partition coefficient (Wildman–Crippen LogP) is 6.74. The lowest BCUT2D eigenvalue weighted by molar-refractivity contribution is -0.115. The molecule has 0 unspecified atom stereocenters. The van der Waals surface area contributed by atoms with E-state index in [4.69, 9.17) is 51.4 Å². The molecule has 0 aliphatic rings. The second-order valence-electron chi connectivity index (χ2n) is 6.06. The molecule has 1 amide bonds. The molecule has 0 saturated heterocycles. The van der Waals surface area contributed by atoms with Crippen molar-refractivity contribution in [2.24, 2.45) is 0 Å². The van der Waals surface area contributed by atoms with Gasteiger partial charge in [-0.25, -0.2) is 0 Å². The van der Waals surface area contributed by atoms with E-state index in [1.165, 1.54) is 12.2 Å². The van der Waals surface area contributed by atoms with Crippen LogP contribution in [0.15, 0.2) is 59.0 Å². The van der Waals surface area contributed by atoms with Gasteiger partial charge >= 0.3 is 0 Å². The molecular formula is C21H15Cl3N2O2S. The molecule has 3 rings (SSSR count). The highest BCUT2D eigenvalue weighted by Gasteiger charge is 2.09. The summed E-state index contributed by atoms with van der Waals surface area (Å²) in [5, 5.41) is 7.28. The van der Waals surface area contributed by atoms with Crippen molar-refractivity contribution in [3.05, 3.63) is 81.0 Å². The van der Waals surface area contributed by atoms with Crippen LogP contribution in [0.2, 0.25) is 15.1 Å². The summed E-state index contributed by atoms with van der Waals surface area (Å²) in [7, 11) is 0. The van der Waals surface area contributed by atoms with E-state index in [9.17, 15) is 4.79 Å². The van der Waals surface area contributed by atoms with E-state index in [0.717, 1.165) is 11.3 Å². The monoisotopic (exact) mass is 464 g/mol. The van der Waals surface area contributed by atoms with Crippen LogP contribution in [0.4, 0.5) is 5.69 Å². The molecule has 0 fully saturated rings. The maximum Gasteiger partial charge on any atom is 0.250 e. The van der Waals surface area contributed by atoms with Gasteiger partial charge in [0, 0.05) is 27.4 Å². The zero-order valence-corrected chi connectivity index (χ0v) is 18.2. The topological polar surface area (TPSA) is 54.3 Å². The molecule has 1 heterocycles. The summed E-state index contributed by atoms with van der Waals surface area (Å²) < 4.78 is 5.71. The number of thiocarbonyl (C=S) groups is 1. The molecule has 0 spiro atoms. The van der Waals surface area contributed by atoms with Gasteiger partial charge in [-0.1, -0.05) is 40.9 Å². The van der Waals surface area contributed by atoms with E-state index in [1.807, 2.05) is 13.0 Å². The molecule has 8 heteroatoms. The van der Waals surface area contributed by atoms with E-state index in [0.29, 0.717) is 32.2 Å². The fourth-order valence-electron chi connectivity index (χ4n) is 2.47. The lowest BCUT2D eigenvalue weighted by Gasteiger charge is -2.11. The first-order valence-electron chi connectivity index (χ1n) is 8.43. The van der Waals surface area contributed by atoms with Gasteiger partial charge in [0.1, 0.15) is 11.5 Å². The number of benzene rings is 2. The Kier molecular flexibility index (Phi) is 6.98. The normalized spacial score (nSPS) is 10.9. The predicted molar refractivity (Wildman–Crippen MR) is 124 cm³/mol. The summed E-state index contributed by atoms with van der Waals surface area (Å²) in [6, 6.07) is 14.0. The maximum atomic E-state index is 12.1. The van der Waals surface area contributed by atoms with Crippen LogP contribution >= 0.6 is 47.0 Å². The zero-order chi connectivity index (χ0) is 21.0. The van der Waals surface area contributed by atoms with Gasteiger partial charge in [-0.3, -0.25) is 10.1 Å². The number of hydrogen-bond acceptors (Lipinski definition) is 3. The molecule has 1 aromatic heterocycles. The molecule has 0 radical (unpaired) electrons. The van der Waals surface area contributed by atoms with Crippen LogP contribution < -0.4 is 10.6 Å². The van der Waals surface area contributed by atoms with Crippen molar-refractivity contribution in [1.82, 2.24) is 5.32 Å². The Bertz CT molecular complexity index is 1110. The number of amides is 1. The average Bonchev–Trinajstić information content (AvgIpc) is 3.11. The molecule has 3 aromatic rings. The quantitative estimate of drug-likeness (QED) is 0.331. The number of nitrogens with one attached hydrogen (secondary N) is 2. The summed E-state index contributed by atoms with van der Waals surface area (Å²) in [6.07, 6.45) is 2.86. The minimum absolute atomic E-state index is 0.165. The largest absolute Gasteiger partial charge is 0.457 e. The zero-order valence-electron chi connectivity index (χ0n) is 15.1. The molecule has 2 N–H and O–H groups in total. The number of carbonyl (C=O) groups is 1. The van der Waals surface area contributed by atoms with Crippen LogP contribution in [0.1, 0.15) is 11.3 Å². The van der Waals surface area contributed by atoms with Gasteiger partial charge in [0.05, 0.1) is 5.02 Å². The van der Waals surface area contributed by atoms with Crippen LogP contribution in [-0.4, -0.2) is 11.0 Å². The van der Waals surface area contributed by atoms with Gasteiger partial charge in [-0.2, -0.15) is 0 Å². The number of halogens is 3. The first-order chi connectivity index (χ1) is 13.8.